The Bertz CT molecular complexity index is 1460. The normalized spacial score (nSPS) is 15.5. The van der Waals surface area contributed by atoms with Gasteiger partial charge in [-0.25, -0.2) is 0 Å². The van der Waals surface area contributed by atoms with Crippen molar-refractivity contribution < 1.29 is 23.8 Å². The van der Waals surface area contributed by atoms with Crippen LogP contribution in [0.15, 0.2) is 87.0 Å². The quantitative estimate of drug-likeness (QED) is 0.161. The van der Waals surface area contributed by atoms with Gasteiger partial charge < -0.3 is 14.3 Å². The third-order valence-electron chi connectivity index (χ3n) is 5.77. The van der Waals surface area contributed by atoms with Crippen LogP contribution in [0.1, 0.15) is 40.2 Å². The zero-order valence-corrected chi connectivity index (χ0v) is 21.7. The molecule has 5 rings (SSSR count). The summed E-state index contributed by atoms with van der Waals surface area (Å²) in [6.07, 6.45) is 1.37. The standard InChI is InChI=1S/C27H23N3O5S2/c1-3-34-19-7-4-6-18(14-19)22-21(23(31)20-8-5-13-35-20)24(32)25(33)30(22)26-28-29-27(37-26)36-15-17-11-9-16(2)10-12-17/h4-14,22,32H,3,15H2,1-2H3. The molecule has 2 aromatic heterocycles. The average Bonchev–Trinajstić information content (AvgIpc) is 3.65. The van der Waals surface area contributed by atoms with Crippen LogP contribution in [0.3, 0.4) is 0 Å². The lowest BCUT2D eigenvalue weighted by molar-refractivity contribution is -0.117. The molecule has 0 saturated carbocycles. The number of carbonyl (C=O) groups is 2. The largest absolute Gasteiger partial charge is 0.503 e. The third kappa shape index (κ3) is 5.03. The summed E-state index contributed by atoms with van der Waals surface area (Å²) in [5.74, 6) is -0.660. The van der Waals surface area contributed by atoms with E-state index in [9.17, 15) is 14.7 Å². The number of rotatable bonds is 9. The molecular weight excluding hydrogens is 510 g/mol. The maximum atomic E-state index is 13.4. The van der Waals surface area contributed by atoms with Gasteiger partial charge in [-0.2, -0.15) is 0 Å². The van der Waals surface area contributed by atoms with Crippen molar-refractivity contribution in [3.8, 4) is 5.75 Å². The number of furan rings is 1. The van der Waals surface area contributed by atoms with Crippen LogP contribution in [0, 0.1) is 6.92 Å². The highest BCUT2D eigenvalue weighted by atomic mass is 32.2. The van der Waals surface area contributed by atoms with Crippen LogP contribution < -0.4 is 9.64 Å². The minimum Gasteiger partial charge on any atom is -0.503 e. The highest BCUT2D eigenvalue weighted by molar-refractivity contribution is 8.00. The molecule has 37 heavy (non-hydrogen) atoms. The van der Waals surface area contributed by atoms with E-state index in [1.165, 1.54) is 45.9 Å². The second kappa shape index (κ2) is 10.6. The first-order chi connectivity index (χ1) is 18.0. The van der Waals surface area contributed by atoms with Crippen molar-refractivity contribution in [2.45, 2.75) is 30.0 Å². The van der Waals surface area contributed by atoms with Crippen LogP contribution in [-0.2, 0) is 10.5 Å². The van der Waals surface area contributed by atoms with E-state index in [0.29, 0.717) is 28.0 Å². The molecule has 1 unspecified atom stereocenters. The van der Waals surface area contributed by atoms with Crippen molar-refractivity contribution in [2.24, 2.45) is 0 Å². The van der Waals surface area contributed by atoms with Gasteiger partial charge in [0.05, 0.1) is 24.5 Å². The molecule has 1 atom stereocenters. The Morgan fingerprint density at radius 2 is 1.97 bits per heavy atom. The first kappa shape index (κ1) is 24.8. The summed E-state index contributed by atoms with van der Waals surface area (Å²) < 4.78 is 11.6. The number of hydrogen-bond donors (Lipinski definition) is 1. The van der Waals surface area contributed by atoms with Gasteiger partial charge in [-0.15, -0.1) is 10.2 Å². The summed E-state index contributed by atoms with van der Waals surface area (Å²) in [5, 5.41) is 19.7. The van der Waals surface area contributed by atoms with Gasteiger partial charge in [-0.05, 0) is 49.2 Å². The van der Waals surface area contributed by atoms with E-state index in [1.807, 2.05) is 13.8 Å². The predicted octanol–water partition coefficient (Wildman–Crippen LogP) is 5.91. The molecule has 1 N–H and O–H groups in total. The van der Waals surface area contributed by atoms with Gasteiger partial charge in [0.15, 0.2) is 15.9 Å². The van der Waals surface area contributed by atoms with Crippen molar-refractivity contribution in [1.82, 2.24) is 10.2 Å². The average molecular weight is 534 g/mol. The molecule has 0 aliphatic carbocycles. The van der Waals surface area contributed by atoms with Gasteiger partial charge in [-0.1, -0.05) is 65.1 Å². The van der Waals surface area contributed by atoms with Crippen LogP contribution >= 0.6 is 23.1 Å². The summed E-state index contributed by atoms with van der Waals surface area (Å²) in [6.45, 7) is 4.36. The van der Waals surface area contributed by atoms with Crippen LogP contribution in [0.4, 0.5) is 5.13 Å². The molecule has 4 aromatic rings. The number of nitrogens with zero attached hydrogens (tertiary/aromatic N) is 3. The van der Waals surface area contributed by atoms with E-state index in [1.54, 1.807) is 30.3 Å². The summed E-state index contributed by atoms with van der Waals surface area (Å²) in [6, 6.07) is 17.4. The Kier molecular flexibility index (Phi) is 7.11. The lowest BCUT2D eigenvalue weighted by atomic mass is 9.95. The summed E-state index contributed by atoms with van der Waals surface area (Å²) in [5.41, 5.74) is 2.83. The number of aliphatic hydroxyl groups excluding tert-OH is 1. The molecule has 188 valence electrons. The number of aliphatic hydroxyl groups is 1. The zero-order valence-electron chi connectivity index (χ0n) is 20.1. The van der Waals surface area contributed by atoms with Gasteiger partial charge in [0.2, 0.25) is 10.9 Å². The molecule has 3 heterocycles. The van der Waals surface area contributed by atoms with Crippen LogP contribution in [-0.4, -0.2) is 33.6 Å². The lowest BCUT2D eigenvalue weighted by Gasteiger charge is -2.24. The summed E-state index contributed by atoms with van der Waals surface area (Å²) >= 11 is 2.73. The maximum absolute atomic E-state index is 13.4. The number of ketones is 1. The highest BCUT2D eigenvalue weighted by Crippen LogP contribution is 2.44. The van der Waals surface area contributed by atoms with Crippen molar-refractivity contribution in [3.63, 3.8) is 0 Å². The molecule has 0 fully saturated rings. The number of hydrogen-bond acceptors (Lipinski definition) is 9. The van der Waals surface area contributed by atoms with Gasteiger partial charge in [0.1, 0.15) is 5.75 Å². The fourth-order valence-corrected chi connectivity index (χ4v) is 5.84. The zero-order chi connectivity index (χ0) is 25.9. The number of benzene rings is 2. The highest BCUT2D eigenvalue weighted by Gasteiger charge is 2.46. The van der Waals surface area contributed by atoms with Gasteiger partial charge in [-0.3, -0.25) is 14.5 Å². The molecule has 2 aromatic carbocycles. The van der Waals surface area contributed by atoms with Crippen LogP contribution in [0.5, 0.6) is 5.75 Å². The van der Waals surface area contributed by atoms with Gasteiger partial charge in [0, 0.05) is 5.75 Å². The lowest BCUT2D eigenvalue weighted by Crippen LogP contribution is -2.31. The Balaban J connectivity index is 1.49. The Morgan fingerprint density at radius 3 is 2.70 bits per heavy atom. The number of amides is 1. The maximum Gasteiger partial charge on any atom is 0.296 e. The van der Waals surface area contributed by atoms with E-state index in [-0.39, 0.29) is 16.5 Å². The predicted molar refractivity (Wildman–Crippen MR) is 141 cm³/mol. The first-order valence-corrected chi connectivity index (χ1v) is 13.4. The molecule has 0 bridgehead atoms. The van der Waals surface area contributed by atoms with Gasteiger partial charge >= 0.3 is 0 Å². The smallest absolute Gasteiger partial charge is 0.296 e. The van der Waals surface area contributed by atoms with Crippen LogP contribution in [0.25, 0.3) is 0 Å². The van der Waals surface area contributed by atoms with Crippen LogP contribution in [0.2, 0.25) is 0 Å². The fraction of sp³-hybridized carbons (Fsp3) is 0.185. The minimum atomic E-state index is -0.937. The van der Waals surface area contributed by atoms with E-state index < -0.39 is 23.5 Å². The molecule has 1 amide bonds. The second-order valence-electron chi connectivity index (χ2n) is 8.28. The SMILES string of the molecule is CCOc1cccc(C2C(C(=O)c3ccco3)=C(O)C(=O)N2c2nnc(SCc3ccc(C)cc3)s2)c1. The molecule has 8 nitrogen and oxygen atoms in total. The van der Waals surface area contributed by atoms with E-state index in [4.69, 9.17) is 9.15 Å². The van der Waals surface area contributed by atoms with Crippen molar-refractivity contribution >= 4 is 39.9 Å². The van der Waals surface area contributed by atoms with E-state index in [2.05, 4.69) is 34.5 Å². The number of anilines is 1. The first-order valence-electron chi connectivity index (χ1n) is 11.6. The third-order valence-corrected chi connectivity index (χ3v) is 7.89. The molecule has 1 aliphatic rings. The van der Waals surface area contributed by atoms with Gasteiger partial charge in [0.25, 0.3) is 5.91 Å². The number of thioether (sulfide) groups is 1. The summed E-state index contributed by atoms with van der Waals surface area (Å²) in [4.78, 5) is 28.0. The molecule has 1 aliphatic heterocycles. The number of ether oxygens (including phenoxy) is 1. The number of aromatic nitrogens is 2. The Hall–Kier alpha value is -3.89. The molecule has 0 saturated heterocycles. The topological polar surface area (TPSA) is 106 Å². The number of Topliss-reactive ketones (excluding diaryl/α,β-unsaturated/α-hetero) is 1. The minimum absolute atomic E-state index is 0.0220. The summed E-state index contributed by atoms with van der Waals surface area (Å²) in [7, 11) is 0. The molecule has 0 radical (unpaired) electrons. The van der Waals surface area contributed by atoms with E-state index in [0.717, 1.165) is 5.56 Å². The number of aryl methyl sites for hydroxylation is 1. The molecular formula is C27H23N3O5S2. The molecule has 10 heteroatoms. The second-order valence-corrected chi connectivity index (χ2v) is 10.5. The van der Waals surface area contributed by atoms with E-state index >= 15 is 0 Å². The Labute approximate surface area is 221 Å². The van der Waals surface area contributed by atoms with Crippen molar-refractivity contribution in [3.05, 3.63) is 101 Å². The fourth-order valence-electron chi connectivity index (χ4n) is 4.02. The van der Waals surface area contributed by atoms with Crippen molar-refractivity contribution in [2.75, 3.05) is 11.5 Å². The van der Waals surface area contributed by atoms with Crippen molar-refractivity contribution in [1.29, 1.82) is 0 Å². The Morgan fingerprint density at radius 1 is 1.16 bits per heavy atom. The molecule has 0 spiro atoms. The number of carbonyl (C=O) groups excluding carboxylic acids is 2. The monoisotopic (exact) mass is 533 g/mol.